The van der Waals surface area contributed by atoms with Crippen LogP contribution in [-0.2, 0) is 17.6 Å². The number of nitrogens with zero attached hydrogens (tertiary/aromatic N) is 6. The van der Waals surface area contributed by atoms with Gasteiger partial charge in [-0.25, -0.2) is 4.98 Å². The minimum absolute atomic E-state index is 0.0164. The van der Waals surface area contributed by atoms with Crippen molar-refractivity contribution in [3.8, 4) is 0 Å². The Bertz CT molecular complexity index is 1360. The smallest absolute Gasteiger partial charge is 0.252 e. The van der Waals surface area contributed by atoms with Crippen LogP contribution >= 0.6 is 11.3 Å². The van der Waals surface area contributed by atoms with Crippen LogP contribution in [0.15, 0.2) is 35.7 Å². The standard InChI is InChI=1S/C26H32N8O2S/c1-4-18(5-2)34-22-9-8-17(14-20(22)27-24(34)15-19-7-6-12-37-19)25(35)28-21-13-16(3)33(26(21)36)11-10-23-29-31-32-30-23/h6-9,12,14,16,18,21H,4-5,10-11,13,15H2,1-3H3,(H,28,35)(H,29,30,31,32)/t16?,21-/m0/s1. The Hall–Kier alpha value is -3.60. The maximum absolute atomic E-state index is 13.2. The number of imidazole rings is 1. The number of fused-ring (bicyclic) bond motifs is 1. The number of amides is 2. The highest BCUT2D eigenvalue weighted by Crippen LogP contribution is 2.29. The van der Waals surface area contributed by atoms with Crippen LogP contribution in [0.5, 0.6) is 0 Å². The lowest BCUT2D eigenvalue weighted by molar-refractivity contribution is -0.130. The van der Waals surface area contributed by atoms with Crippen molar-refractivity contribution in [2.24, 2.45) is 0 Å². The molecule has 0 radical (unpaired) electrons. The summed E-state index contributed by atoms with van der Waals surface area (Å²) >= 11 is 1.73. The van der Waals surface area contributed by atoms with Gasteiger partial charge in [-0.3, -0.25) is 9.59 Å². The van der Waals surface area contributed by atoms with Gasteiger partial charge in [-0.15, -0.1) is 21.5 Å². The first-order valence-corrected chi connectivity index (χ1v) is 13.7. The maximum atomic E-state index is 13.2. The van der Waals surface area contributed by atoms with Crippen LogP contribution in [-0.4, -0.2) is 65.5 Å². The van der Waals surface area contributed by atoms with Crippen molar-refractivity contribution < 1.29 is 9.59 Å². The Morgan fingerprint density at radius 2 is 2.11 bits per heavy atom. The predicted octanol–water partition coefficient (Wildman–Crippen LogP) is 3.52. The number of aromatic amines is 1. The SMILES string of the molecule is CCC(CC)n1c(Cc2cccs2)nc2cc(C(=O)N[C@H]3CC(C)N(CCc4nn[nH]n4)C3=O)ccc21. The Morgan fingerprint density at radius 1 is 1.27 bits per heavy atom. The molecule has 0 saturated carbocycles. The quantitative estimate of drug-likeness (QED) is 0.330. The lowest BCUT2D eigenvalue weighted by Crippen LogP contribution is -2.42. The summed E-state index contributed by atoms with van der Waals surface area (Å²) in [4.78, 5) is 34.2. The molecule has 5 rings (SSSR count). The summed E-state index contributed by atoms with van der Waals surface area (Å²) in [7, 11) is 0. The molecular formula is C26H32N8O2S. The number of aromatic nitrogens is 6. The summed E-state index contributed by atoms with van der Waals surface area (Å²) in [6, 6.07) is 9.67. The van der Waals surface area contributed by atoms with Crippen molar-refractivity contribution in [3.05, 3.63) is 57.8 Å². The van der Waals surface area contributed by atoms with Gasteiger partial charge in [-0.05, 0) is 55.8 Å². The van der Waals surface area contributed by atoms with Gasteiger partial charge in [0.25, 0.3) is 5.91 Å². The molecule has 194 valence electrons. The highest BCUT2D eigenvalue weighted by molar-refractivity contribution is 7.09. The van der Waals surface area contributed by atoms with E-state index in [1.807, 2.05) is 25.1 Å². The molecule has 3 aromatic heterocycles. The molecule has 1 unspecified atom stereocenters. The first kappa shape index (κ1) is 25.1. The fourth-order valence-corrected chi connectivity index (χ4v) is 5.93. The van der Waals surface area contributed by atoms with Gasteiger partial charge >= 0.3 is 0 Å². The third kappa shape index (κ3) is 5.13. The lowest BCUT2D eigenvalue weighted by Gasteiger charge is -2.20. The number of hydrogen-bond donors (Lipinski definition) is 2. The van der Waals surface area contributed by atoms with Crippen LogP contribution in [0.4, 0.5) is 0 Å². The van der Waals surface area contributed by atoms with Crippen LogP contribution < -0.4 is 5.32 Å². The van der Waals surface area contributed by atoms with E-state index in [0.29, 0.717) is 36.8 Å². The molecule has 0 spiro atoms. The summed E-state index contributed by atoms with van der Waals surface area (Å²) in [6.07, 6.45) is 3.85. The zero-order valence-corrected chi connectivity index (χ0v) is 22.2. The van der Waals surface area contributed by atoms with Crippen molar-refractivity contribution in [2.45, 2.75) is 71.0 Å². The second kappa shape index (κ2) is 10.8. The first-order chi connectivity index (χ1) is 18.0. The molecule has 2 amide bonds. The largest absolute Gasteiger partial charge is 0.340 e. The molecule has 4 heterocycles. The zero-order chi connectivity index (χ0) is 25.9. The number of likely N-dealkylation sites (tertiary alicyclic amines) is 1. The highest BCUT2D eigenvalue weighted by Gasteiger charge is 2.38. The molecular weight excluding hydrogens is 488 g/mol. The number of tetrazole rings is 1. The zero-order valence-electron chi connectivity index (χ0n) is 21.3. The van der Waals surface area contributed by atoms with Crippen molar-refractivity contribution in [3.63, 3.8) is 0 Å². The van der Waals surface area contributed by atoms with Crippen molar-refractivity contribution in [2.75, 3.05) is 6.54 Å². The summed E-state index contributed by atoms with van der Waals surface area (Å²) in [5, 5.41) is 18.9. The molecule has 37 heavy (non-hydrogen) atoms. The Morgan fingerprint density at radius 3 is 2.81 bits per heavy atom. The normalized spacial score (nSPS) is 17.8. The van der Waals surface area contributed by atoms with Gasteiger partial charge in [0, 0.05) is 41.9 Å². The molecule has 10 nitrogen and oxygen atoms in total. The molecule has 11 heteroatoms. The summed E-state index contributed by atoms with van der Waals surface area (Å²) in [5.41, 5.74) is 2.35. The lowest BCUT2D eigenvalue weighted by atomic mass is 10.1. The minimum Gasteiger partial charge on any atom is -0.340 e. The van der Waals surface area contributed by atoms with Crippen LogP contribution in [0.1, 0.15) is 73.0 Å². The van der Waals surface area contributed by atoms with E-state index in [4.69, 9.17) is 4.98 Å². The van der Waals surface area contributed by atoms with E-state index < -0.39 is 6.04 Å². The van der Waals surface area contributed by atoms with E-state index in [1.165, 1.54) is 4.88 Å². The summed E-state index contributed by atoms with van der Waals surface area (Å²) in [6.45, 7) is 6.87. The van der Waals surface area contributed by atoms with Crippen LogP contribution in [0, 0.1) is 0 Å². The fourth-order valence-electron chi connectivity index (χ4n) is 5.23. The highest BCUT2D eigenvalue weighted by atomic mass is 32.1. The monoisotopic (exact) mass is 520 g/mol. The molecule has 1 saturated heterocycles. The number of rotatable bonds is 10. The average molecular weight is 521 g/mol. The van der Waals surface area contributed by atoms with E-state index in [-0.39, 0.29) is 17.9 Å². The molecule has 0 aliphatic carbocycles. The van der Waals surface area contributed by atoms with Gasteiger partial charge in [0.1, 0.15) is 11.9 Å². The molecule has 2 atom stereocenters. The summed E-state index contributed by atoms with van der Waals surface area (Å²) < 4.78 is 2.33. The van der Waals surface area contributed by atoms with Gasteiger partial charge in [0.05, 0.1) is 11.0 Å². The van der Waals surface area contributed by atoms with Gasteiger partial charge in [-0.1, -0.05) is 25.1 Å². The number of hydrogen-bond acceptors (Lipinski definition) is 7. The number of benzene rings is 1. The molecule has 1 aliphatic heterocycles. The second-order valence-corrected chi connectivity index (χ2v) is 10.6. The molecule has 2 N–H and O–H groups in total. The molecule has 1 aromatic carbocycles. The molecule has 4 aromatic rings. The van der Waals surface area contributed by atoms with Crippen molar-refractivity contribution >= 4 is 34.2 Å². The topological polar surface area (TPSA) is 122 Å². The van der Waals surface area contributed by atoms with E-state index in [0.717, 1.165) is 36.1 Å². The predicted molar refractivity (Wildman–Crippen MR) is 141 cm³/mol. The summed E-state index contributed by atoms with van der Waals surface area (Å²) in [5.74, 6) is 1.24. The fraction of sp³-hybridized carbons (Fsp3) is 0.462. The number of nitrogens with one attached hydrogen (secondary N) is 2. The van der Waals surface area contributed by atoms with Gasteiger partial charge in [0.2, 0.25) is 5.91 Å². The molecule has 1 fully saturated rings. The van der Waals surface area contributed by atoms with E-state index in [2.05, 4.69) is 61.9 Å². The maximum Gasteiger partial charge on any atom is 0.252 e. The average Bonchev–Trinajstić information content (AvgIpc) is 3.69. The molecule has 1 aliphatic rings. The van der Waals surface area contributed by atoms with Crippen LogP contribution in [0.25, 0.3) is 11.0 Å². The van der Waals surface area contributed by atoms with Gasteiger partial charge in [0.15, 0.2) is 5.82 Å². The second-order valence-electron chi connectivity index (χ2n) is 9.55. The Kier molecular flexibility index (Phi) is 7.31. The third-order valence-corrected chi connectivity index (χ3v) is 8.08. The van der Waals surface area contributed by atoms with Crippen molar-refractivity contribution in [1.82, 2.24) is 40.4 Å². The van der Waals surface area contributed by atoms with Gasteiger partial charge < -0.3 is 14.8 Å². The number of H-pyrrole nitrogens is 1. The number of carbonyl (C=O) groups excluding carboxylic acids is 2. The first-order valence-electron chi connectivity index (χ1n) is 12.8. The Labute approximate surface area is 219 Å². The van der Waals surface area contributed by atoms with E-state index >= 15 is 0 Å². The minimum atomic E-state index is -0.556. The third-order valence-electron chi connectivity index (χ3n) is 7.21. The van der Waals surface area contributed by atoms with E-state index in [1.54, 1.807) is 16.2 Å². The van der Waals surface area contributed by atoms with E-state index in [9.17, 15) is 9.59 Å². The van der Waals surface area contributed by atoms with Crippen LogP contribution in [0.3, 0.4) is 0 Å². The van der Waals surface area contributed by atoms with Crippen molar-refractivity contribution in [1.29, 1.82) is 0 Å². The van der Waals surface area contributed by atoms with Crippen LogP contribution in [0.2, 0.25) is 0 Å². The Balaban J connectivity index is 1.33. The number of carbonyl (C=O) groups is 2. The number of thiophene rings is 1. The van der Waals surface area contributed by atoms with Gasteiger partial charge in [-0.2, -0.15) is 5.21 Å². The molecule has 0 bridgehead atoms.